The van der Waals surface area contributed by atoms with Crippen molar-refractivity contribution in [2.75, 3.05) is 6.61 Å². The Morgan fingerprint density at radius 2 is 2.05 bits per heavy atom. The summed E-state index contributed by atoms with van der Waals surface area (Å²) in [5.41, 5.74) is 10.3. The summed E-state index contributed by atoms with van der Waals surface area (Å²) in [5, 5.41) is 6.63. The lowest BCUT2D eigenvalue weighted by Crippen LogP contribution is -2.36. The van der Waals surface area contributed by atoms with Crippen LogP contribution in [0.15, 0.2) is 29.4 Å². The Hall–Kier alpha value is -1.75. The number of nitrogens with one attached hydrogen (secondary N) is 1. The van der Waals surface area contributed by atoms with Crippen molar-refractivity contribution in [1.29, 1.82) is 0 Å². The maximum absolute atomic E-state index is 12.0. The van der Waals surface area contributed by atoms with Crippen LogP contribution in [-0.2, 0) is 9.53 Å². The monoisotopic (exact) mass is 260 g/mol. The second-order valence-electron chi connectivity index (χ2n) is 5.17. The summed E-state index contributed by atoms with van der Waals surface area (Å²) in [4.78, 5) is 12.0. The summed E-state index contributed by atoms with van der Waals surface area (Å²) in [7, 11) is 0. The summed E-state index contributed by atoms with van der Waals surface area (Å²) in [6, 6.07) is 6.92. The zero-order valence-corrected chi connectivity index (χ0v) is 11.4. The highest BCUT2D eigenvalue weighted by molar-refractivity contribution is 5.79. The Morgan fingerprint density at radius 3 is 2.63 bits per heavy atom. The molecule has 0 saturated heterocycles. The minimum absolute atomic E-state index is 0.219. The van der Waals surface area contributed by atoms with Crippen LogP contribution in [0.5, 0.6) is 0 Å². The van der Waals surface area contributed by atoms with Crippen molar-refractivity contribution in [3.8, 4) is 0 Å². The molecule has 19 heavy (non-hydrogen) atoms. The lowest BCUT2D eigenvalue weighted by Gasteiger charge is -2.31. The van der Waals surface area contributed by atoms with E-state index in [-0.39, 0.29) is 12.0 Å². The van der Waals surface area contributed by atoms with Crippen LogP contribution in [0.25, 0.3) is 5.53 Å². The number of hydrogen-bond donors (Lipinski definition) is 1. The lowest BCUT2D eigenvalue weighted by molar-refractivity contribution is -0.145. The van der Waals surface area contributed by atoms with E-state index in [0.717, 1.165) is 11.1 Å². The molecule has 102 valence electrons. The SMILES string of the molecule is CCOC(=O)C1NC(C(C)(C)N=[N-])c2ccccc21. The fourth-order valence-corrected chi connectivity index (χ4v) is 2.45. The molecular weight excluding hydrogens is 242 g/mol. The van der Waals surface area contributed by atoms with E-state index in [9.17, 15) is 10.3 Å². The van der Waals surface area contributed by atoms with Crippen LogP contribution in [0.2, 0.25) is 0 Å². The Kier molecular flexibility index (Phi) is 3.66. The van der Waals surface area contributed by atoms with Gasteiger partial charge in [0, 0.05) is 0 Å². The van der Waals surface area contributed by atoms with Gasteiger partial charge in [0.1, 0.15) is 6.04 Å². The van der Waals surface area contributed by atoms with E-state index in [0.29, 0.717) is 6.61 Å². The molecule has 2 rings (SSSR count). The van der Waals surface area contributed by atoms with Gasteiger partial charge in [-0.2, -0.15) is 0 Å². The first-order valence-electron chi connectivity index (χ1n) is 6.39. The number of fused-ring (bicyclic) bond motifs is 1. The zero-order valence-electron chi connectivity index (χ0n) is 11.4. The number of nitrogens with zero attached hydrogens (tertiary/aromatic N) is 2. The molecule has 0 amide bonds. The molecule has 0 bridgehead atoms. The minimum atomic E-state index is -0.711. The quantitative estimate of drug-likeness (QED) is 0.668. The third-order valence-electron chi connectivity index (χ3n) is 3.44. The Labute approximate surface area is 112 Å². The minimum Gasteiger partial charge on any atom is -0.711 e. The molecule has 2 atom stereocenters. The van der Waals surface area contributed by atoms with E-state index in [1.54, 1.807) is 6.92 Å². The third-order valence-corrected chi connectivity index (χ3v) is 3.44. The topological polar surface area (TPSA) is 73.0 Å². The van der Waals surface area contributed by atoms with Crippen LogP contribution in [0.3, 0.4) is 0 Å². The summed E-state index contributed by atoms with van der Waals surface area (Å²) < 4.78 is 5.08. The van der Waals surface area contributed by atoms with Gasteiger partial charge < -0.3 is 15.4 Å². The van der Waals surface area contributed by atoms with Crippen LogP contribution in [0.4, 0.5) is 0 Å². The van der Waals surface area contributed by atoms with Gasteiger partial charge in [-0.05, 0) is 31.9 Å². The molecule has 0 fully saturated rings. The molecule has 2 unspecified atom stereocenters. The van der Waals surface area contributed by atoms with Gasteiger partial charge in [-0.15, -0.1) is 0 Å². The molecule has 1 aromatic carbocycles. The van der Waals surface area contributed by atoms with Gasteiger partial charge in [0.25, 0.3) is 0 Å². The van der Waals surface area contributed by atoms with Gasteiger partial charge in [-0.1, -0.05) is 24.3 Å². The fraction of sp³-hybridized carbons (Fsp3) is 0.500. The molecule has 0 radical (unpaired) electrons. The standard InChI is InChI=1S/C14H18N3O2/c1-4-19-13(18)11-9-7-5-6-8-10(9)12(16-11)14(2,3)17-15/h5-8,11-12,16H,4H2,1-3H3/q-1. The molecule has 0 spiro atoms. The molecule has 5 heteroatoms. The van der Waals surface area contributed by atoms with E-state index in [1.807, 2.05) is 38.1 Å². The molecule has 1 heterocycles. The van der Waals surface area contributed by atoms with Crippen molar-refractivity contribution in [2.24, 2.45) is 5.11 Å². The molecule has 1 aromatic rings. The lowest BCUT2D eigenvalue weighted by atomic mass is 9.90. The average Bonchev–Trinajstić information content (AvgIpc) is 2.79. The molecule has 1 aliphatic rings. The van der Waals surface area contributed by atoms with Gasteiger partial charge in [0.05, 0.1) is 18.2 Å². The molecule has 1 N–H and O–H groups in total. The number of esters is 1. The van der Waals surface area contributed by atoms with Crippen molar-refractivity contribution >= 4 is 5.97 Å². The maximum atomic E-state index is 12.0. The van der Waals surface area contributed by atoms with Crippen LogP contribution in [-0.4, -0.2) is 18.1 Å². The van der Waals surface area contributed by atoms with E-state index in [4.69, 9.17) is 4.74 Å². The van der Waals surface area contributed by atoms with Crippen LogP contribution < -0.4 is 5.32 Å². The van der Waals surface area contributed by atoms with Gasteiger partial charge in [-0.3, -0.25) is 5.32 Å². The highest BCUT2D eigenvalue weighted by Gasteiger charge is 2.41. The summed E-state index contributed by atoms with van der Waals surface area (Å²) >= 11 is 0. The van der Waals surface area contributed by atoms with Crippen molar-refractivity contribution in [3.63, 3.8) is 0 Å². The second-order valence-corrected chi connectivity index (χ2v) is 5.17. The van der Waals surface area contributed by atoms with Gasteiger partial charge in [0.15, 0.2) is 0 Å². The largest absolute Gasteiger partial charge is 0.711 e. The first kappa shape index (κ1) is 13.7. The Bertz CT molecular complexity index is 499. The molecule has 0 saturated carbocycles. The van der Waals surface area contributed by atoms with Crippen molar-refractivity contribution in [1.82, 2.24) is 5.32 Å². The van der Waals surface area contributed by atoms with Gasteiger partial charge in [-0.25, -0.2) is 4.79 Å². The van der Waals surface area contributed by atoms with E-state index in [1.165, 1.54) is 0 Å². The highest BCUT2D eigenvalue weighted by atomic mass is 16.5. The second kappa shape index (κ2) is 5.09. The third kappa shape index (κ3) is 2.38. The number of carbonyl (C=O) groups is 1. The number of hydrogen-bond acceptors (Lipinski definition) is 4. The van der Waals surface area contributed by atoms with Crippen molar-refractivity contribution < 1.29 is 9.53 Å². The van der Waals surface area contributed by atoms with E-state index >= 15 is 0 Å². The fourth-order valence-electron chi connectivity index (χ4n) is 2.45. The summed E-state index contributed by atoms with van der Waals surface area (Å²) in [5.74, 6) is -0.300. The van der Waals surface area contributed by atoms with Gasteiger partial charge >= 0.3 is 5.97 Å². The smallest absolute Gasteiger partial charge is 0.327 e. The van der Waals surface area contributed by atoms with E-state index < -0.39 is 11.6 Å². The van der Waals surface area contributed by atoms with Crippen LogP contribution >= 0.6 is 0 Å². The number of carbonyl (C=O) groups excluding carboxylic acids is 1. The van der Waals surface area contributed by atoms with Crippen molar-refractivity contribution in [2.45, 2.75) is 38.4 Å². The molecule has 0 aliphatic carbocycles. The first-order valence-corrected chi connectivity index (χ1v) is 6.39. The molecule has 1 aliphatic heterocycles. The normalized spacial score (nSPS) is 21.8. The number of benzene rings is 1. The van der Waals surface area contributed by atoms with Crippen LogP contribution in [0.1, 0.15) is 44.0 Å². The highest BCUT2D eigenvalue weighted by Crippen LogP contribution is 2.40. The zero-order chi connectivity index (χ0) is 14.0. The predicted molar refractivity (Wildman–Crippen MR) is 71.6 cm³/mol. The predicted octanol–water partition coefficient (Wildman–Crippen LogP) is 2.74. The Morgan fingerprint density at radius 1 is 1.42 bits per heavy atom. The first-order chi connectivity index (χ1) is 9.01. The number of ether oxygens (including phenoxy) is 1. The average molecular weight is 260 g/mol. The number of rotatable bonds is 4. The van der Waals surface area contributed by atoms with Gasteiger partial charge in [0.2, 0.25) is 0 Å². The Balaban J connectivity index is 2.39. The summed E-state index contributed by atoms with van der Waals surface area (Å²) in [6.45, 7) is 5.75. The van der Waals surface area contributed by atoms with Crippen LogP contribution in [0, 0.1) is 0 Å². The molecule has 5 nitrogen and oxygen atoms in total. The molecule has 0 aromatic heterocycles. The summed E-state index contributed by atoms with van der Waals surface area (Å²) in [6.07, 6.45) is 0. The maximum Gasteiger partial charge on any atom is 0.327 e. The van der Waals surface area contributed by atoms with Crippen molar-refractivity contribution in [3.05, 3.63) is 40.9 Å². The van der Waals surface area contributed by atoms with E-state index in [2.05, 4.69) is 10.4 Å². The molecular formula is C14H18N3O2-.